The molecule has 0 radical (unpaired) electrons. The smallest absolute Gasteiger partial charge is 0.302 e. The number of aryl methyl sites for hydroxylation is 1. The minimum atomic E-state index is -0.00859. The molecule has 18 heavy (non-hydrogen) atoms. The zero-order valence-corrected chi connectivity index (χ0v) is 11.2. The van der Waals surface area contributed by atoms with Gasteiger partial charge in [-0.15, -0.1) is 11.3 Å². The summed E-state index contributed by atoms with van der Waals surface area (Å²) in [6.07, 6.45) is 0. The Morgan fingerprint density at radius 1 is 1.28 bits per heavy atom. The van der Waals surface area contributed by atoms with Gasteiger partial charge < -0.3 is 4.57 Å². The summed E-state index contributed by atoms with van der Waals surface area (Å²) in [6.45, 7) is 0. The number of benzene rings is 1. The van der Waals surface area contributed by atoms with Gasteiger partial charge in [-0.05, 0) is 29.6 Å². The molecule has 2 heterocycles. The molecule has 0 atom stereocenters. The van der Waals surface area contributed by atoms with E-state index in [1.807, 2.05) is 23.6 Å². The van der Waals surface area contributed by atoms with Crippen LogP contribution in [0.2, 0.25) is 0 Å². The molecule has 0 saturated heterocycles. The Balaban J connectivity index is 2.14. The number of nitrogens with zero attached hydrogens (tertiary/aromatic N) is 1. The van der Waals surface area contributed by atoms with Gasteiger partial charge in [-0.2, -0.15) is 0 Å². The first-order chi connectivity index (χ1) is 8.66. The molecule has 0 spiro atoms. The molecule has 90 valence electrons. The topological polar surface area (TPSA) is 39.1 Å². The molecular weight excluding hydrogens is 266 g/mol. The summed E-state index contributed by atoms with van der Waals surface area (Å²) in [7, 11) is 1.74. The maximum atomic E-state index is 12.2. The van der Waals surface area contributed by atoms with Crippen LogP contribution in [0.15, 0.2) is 40.5 Å². The SMILES string of the molecule is Cn1c(=O)sc2cc(C(=O)c3cccs3)ccc21. The molecule has 2 aromatic heterocycles. The van der Waals surface area contributed by atoms with Crippen LogP contribution >= 0.6 is 22.7 Å². The van der Waals surface area contributed by atoms with E-state index in [-0.39, 0.29) is 10.7 Å². The van der Waals surface area contributed by atoms with Crippen LogP contribution in [0.4, 0.5) is 0 Å². The van der Waals surface area contributed by atoms with E-state index in [1.165, 1.54) is 22.7 Å². The average Bonchev–Trinajstić information content (AvgIpc) is 2.98. The van der Waals surface area contributed by atoms with Gasteiger partial charge in [0.2, 0.25) is 5.78 Å². The van der Waals surface area contributed by atoms with Crippen LogP contribution in [0.1, 0.15) is 15.2 Å². The molecule has 3 rings (SSSR count). The molecule has 3 aromatic rings. The van der Waals surface area contributed by atoms with Gasteiger partial charge in [-0.25, -0.2) is 0 Å². The summed E-state index contributed by atoms with van der Waals surface area (Å²) in [5, 5.41) is 1.88. The Morgan fingerprint density at radius 3 is 2.83 bits per heavy atom. The average molecular weight is 275 g/mol. The second kappa shape index (κ2) is 4.19. The number of thiophene rings is 1. The van der Waals surface area contributed by atoms with Crippen LogP contribution < -0.4 is 4.87 Å². The second-order valence-corrected chi connectivity index (χ2v) is 5.86. The van der Waals surface area contributed by atoms with Gasteiger partial charge in [-0.1, -0.05) is 17.4 Å². The van der Waals surface area contributed by atoms with Gasteiger partial charge in [0.15, 0.2) is 0 Å². The number of thiazole rings is 1. The number of carbonyl (C=O) groups is 1. The highest BCUT2D eigenvalue weighted by atomic mass is 32.1. The van der Waals surface area contributed by atoms with Crippen LogP contribution in [0.25, 0.3) is 10.2 Å². The van der Waals surface area contributed by atoms with Gasteiger partial charge >= 0.3 is 4.87 Å². The van der Waals surface area contributed by atoms with E-state index in [1.54, 1.807) is 23.7 Å². The number of hydrogen-bond acceptors (Lipinski definition) is 4. The molecule has 0 fully saturated rings. The van der Waals surface area contributed by atoms with Crippen LogP contribution in [-0.2, 0) is 7.05 Å². The van der Waals surface area contributed by atoms with Gasteiger partial charge in [0.05, 0.1) is 15.1 Å². The lowest BCUT2D eigenvalue weighted by Gasteiger charge is -1.99. The third kappa shape index (κ3) is 1.72. The van der Waals surface area contributed by atoms with Crippen molar-refractivity contribution >= 4 is 38.7 Å². The number of rotatable bonds is 2. The van der Waals surface area contributed by atoms with E-state index >= 15 is 0 Å². The molecule has 0 amide bonds. The van der Waals surface area contributed by atoms with Crippen molar-refractivity contribution in [2.75, 3.05) is 0 Å². The quantitative estimate of drug-likeness (QED) is 0.675. The minimum Gasteiger partial charge on any atom is -0.302 e. The number of carbonyl (C=O) groups excluding carboxylic acids is 1. The highest BCUT2D eigenvalue weighted by molar-refractivity contribution is 7.16. The van der Waals surface area contributed by atoms with Gasteiger partial charge in [0, 0.05) is 12.6 Å². The summed E-state index contributed by atoms with van der Waals surface area (Å²) in [5.74, 6) is 0.00963. The highest BCUT2D eigenvalue weighted by Crippen LogP contribution is 2.21. The van der Waals surface area contributed by atoms with E-state index in [2.05, 4.69) is 0 Å². The molecule has 0 unspecified atom stereocenters. The third-order valence-electron chi connectivity index (χ3n) is 2.80. The second-order valence-electron chi connectivity index (χ2n) is 3.92. The summed E-state index contributed by atoms with van der Waals surface area (Å²) >= 11 is 2.59. The number of fused-ring (bicyclic) bond motifs is 1. The molecular formula is C13H9NO2S2. The first-order valence-corrected chi connectivity index (χ1v) is 7.04. The van der Waals surface area contributed by atoms with Gasteiger partial charge in [0.1, 0.15) is 0 Å². The van der Waals surface area contributed by atoms with E-state index in [9.17, 15) is 9.59 Å². The fourth-order valence-electron chi connectivity index (χ4n) is 1.83. The normalized spacial score (nSPS) is 10.9. The largest absolute Gasteiger partial charge is 0.307 e. The van der Waals surface area contributed by atoms with Crippen molar-refractivity contribution in [3.05, 3.63) is 55.8 Å². The highest BCUT2D eigenvalue weighted by Gasteiger charge is 2.12. The van der Waals surface area contributed by atoms with Crippen LogP contribution in [0, 0.1) is 0 Å². The lowest BCUT2D eigenvalue weighted by atomic mass is 10.1. The fourth-order valence-corrected chi connectivity index (χ4v) is 3.43. The summed E-state index contributed by atoms with van der Waals surface area (Å²) in [6, 6.07) is 9.07. The Labute approximate surface area is 111 Å². The fraction of sp³-hybridized carbons (Fsp3) is 0.0769. The minimum absolute atomic E-state index is 0.00859. The zero-order valence-electron chi connectivity index (χ0n) is 9.54. The van der Waals surface area contributed by atoms with Crippen molar-refractivity contribution < 1.29 is 4.79 Å². The summed E-state index contributed by atoms with van der Waals surface area (Å²) < 4.78 is 2.45. The standard InChI is InChI=1S/C13H9NO2S2/c1-14-9-5-4-8(7-11(9)18-13(14)16)12(15)10-3-2-6-17-10/h2-7H,1H3. The number of ketones is 1. The van der Waals surface area contributed by atoms with Crippen molar-refractivity contribution in [3.8, 4) is 0 Å². The van der Waals surface area contributed by atoms with Crippen LogP contribution in [-0.4, -0.2) is 10.4 Å². The van der Waals surface area contributed by atoms with Crippen molar-refractivity contribution in [2.45, 2.75) is 0 Å². The molecule has 1 aromatic carbocycles. The van der Waals surface area contributed by atoms with Crippen LogP contribution in [0.5, 0.6) is 0 Å². The van der Waals surface area contributed by atoms with Crippen molar-refractivity contribution in [2.24, 2.45) is 7.05 Å². The van der Waals surface area contributed by atoms with Crippen molar-refractivity contribution in [1.29, 1.82) is 0 Å². The monoisotopic (exact) mass is 275 g/mol. The number of hydrogen-bond donors (Lipinski definition) is 0. The zero-order chi connectivity index (χ0) is 12.7. The van der Waals surface area contributed by atoms with Gasteiger partial charge in [0.25, 0.3) is 0 Å². The molecule has 0 aliphatic heterocycles. The Morgan fingerprint density at radius 2 is 2.11 bits per heavy atom. The molecule has 3 nitrogen and oxygen atoms in total. The molecule has 0 aliphatic carbocycles. The van der Waals surface area contributed by atoms with E-state index in [0.717, 1.165) is 15.1 Å². The predicted octanol–water partition coefficient (Wildman–Crippen LogP) is 2.89. The van der Waals surface area contributed by atoms with Crippen molar-refractivity contribution in [3.63, 3.8) is 0 Å². The van der Waals surface area contributed by atoms with E-state index < -0.39 is 0 Å². The maximum absolute atomic E-state index is 12.2. The van der Waals surface area contributed by atoms with E-state index in [0.29, 0.717) is 5.56 Å². The Hall–Kier alpha value is -1.72. The summed E-state index contributed by atoms with van der Waals surface area (Å²) in [4.78, 5) is 24.4. The first kappa shape index (κ1) is 11.4. The Kier molecular flexibility index (Phi) is 2.65. The first-order valence-electron chi connectivity index (χ1n) is 5.34. The van der Waals surface area contributed by atoms with Crippen LogP contribution in [0.3, 0.4) is 0 Å². The molecule has 5 heteroatoms. The molecule has 0 aliphatic rings. The summed E-state index contributed by atoms with van der Waals surface area (Å²) in [5.41, 5.74) is 1.50. The molecule has 0 saturated carbocycles. The molecule has 0 N–H and O–H groups in total. The number of aromatic nitrogens is 1. The van der Waals surface area contributed by atoms with Gasteiger partial charge in [-0.3, -0.25) is 9.59 Å². The maximum Gasteiger partial charge on any atom is 0.307 e. The lowest BCUT2D eigenvalue weighted by molar-refractivity contribution is 0.104. The Bertz CT molecular complexity index is 781. The third-order valence-corrected chi connectivity index (χ3v) is 4.66. The molecule has 0 bridgehead atoms. The van der Waals surface area contributed by atoms with E-state index in [4.69, 9.17) is 0 Å². The van der Waals surface area contributed by atoms with Crippen molar-refractivity contribution in [1.82, 2.24) is 4.57 Å². The lowest BCUT2D eigenvalue weighted by Crippen LogP contribution is -2.06. The predicted molar refractivity (Wildman–Crippen MR) is 74.8 cm³/mol.